The average molecular weight is 242 g/mol. The lowest BCUT2D eigenvalue weighted by Crippen LogP contribution is -2.02. The lowest BCUT2D eigenvalue weighted by Gasteiger charge is -2.11. The molecular weight excluding hydrogens is 224 g/mol. The molecule has 0 saturated heterocycles. The molecule has 0 bridgehead atoms. The number of aryl methyl sites for hydroxylation is 2. The summed E-state index contributed by atoms with van der Waals surface area (Å²) in [5.74, 6) is 0.924. The van der Waals surface area contributed by atoms with E-state index < -0.39 is 0 Å². The van der Waals surface area contributed by atoms with Crippen molar-refractivity contribution in [2.75, 3.05) is 12.4 Å². The predicted octanol–water partition coefficient (Wildman–Crippen LogP) is 3.32. The highest BCUT2D eigenvalue weighted by Crippen LogP contribution is 2.21. The van der Waals surface area contributed by atoms with E-state index in [1.165, 1.54) is 5.56 Å². The van der Waals surface area contributed by atoms with Crippen LogP contribution in [0.15, 0.2) is 36.5 Å². The summed E-state index contributed by atoms with van der Waals surface area (Å²) in [6, 6.07) is 10.2. The Hall–Kier alpha value is -2.03. The second-order valence-electron chi connectivity index (χ2n) is 4.35. The van der Waals surface area contributed by atoms with Crippen LogP contribution < -0.4 is 10.1 Å². The molecule has 2 aromatic rings. The summed E-state index contributed by atoms with van der Waals surface area (Å²) in [6.07, 6.45) is 1.81. The smallest absolute Gasteiger partial charge is 0.124 e. The molecule has 1 heterocycles. The van der Waals surface area contributed by atoms with Crippen LogP contribution in [0.2, 0.25) is 0 Å². The Morgan fingerprint density at radius 2 is 2.00 bits per heavy atom. The fourth-order valence-corrected chi connectivity index (χ4v) is 1.85. The van der Waals surface area contributed by atoms with E-state index in [0.29, 0.717) is 0 Å². The van der Waals surface area contributed by atoms with Crippen LogP contribution in [0.1, 0.15) is 16.8 Å². The molecule has 0 aliphatic heterocycles. The number of ether oxygens (including phenoxy) is 1. The first-order valence-corrected chi connectivity index (χ1v) is 5.99. The maximum absolute atomic E-state index is 5.39. The predicted molar refractivity (Wildman–Crippen MR) is 74.0 cm³/mol. The highest BCUT2D eigenvalue weighted by atomic mass is 16.5. The zero-order valence-electron chi connectivity index (χ0n) is 11.0. The molecule has 18 heavy (non-hydrogen) atoms. The molecule has 3 nitrogen and oxygen atoms in total. The van der Waals surface area contributed by atoms with Crippen molar-refractivity contribution in [1.82, 2.24) is 4.98 Å². The molecule has 0 atom stereocenters. The van der Waals surface area contributed by atoms with Crippen LogP contribution in [0.5, 0.6) is 5.75 Å². The number of pyridine rings is 1. The Morgan fingerprint density at radius 3 is 2.72 bits per heavy atom. The molecule has 0 spiro atoms. The number of rotatable bonds is 4. The van der Waals surface area contributed by atoms with Gasteiger partial charge in [-0.05, 0) is 37.6 Å². The number of aromatic nitrogens is 1. The van der Waals surface area contributed by atoms with Crippen LogP contribution in [-0.2, 0) is 6.54 Å². The molecule has 1 N–H and O–H groups in total. The van der Waals surface area contributed by atoms with Gasteiger partial charge in [0.25, 0.3) is 0 Å². The van der Waals surface area contributed by atoms with E-state index in [0.717, 1.165) is 29.2 Å². The van der Waals surface area contributed by atoms with Crippen LogP contribution in [0.4, 0.5) is 5.69 Å². The molecule has 94 valence electrons. The van der Waals surface area contributed by atoms with Gasteiger partial charge in [-0.25, -0.2) is 0 Å². The van der Waals surface area contributed by atoms with Crippen molar-refractivity contribution in [3.63, 3.8) is 0 Å². The molecule has 0 radical (unpaired) electrons. The van der Waals surface area contributed by atoms with Gasteiger partial charge in [0, 0.05) is 29.7 Å². The fraction of sp³-hybridized carbons (Fsp3) is 0.267. The minimum absolute atomic E-state index is 0.743. The summed E-state index contributed by atoms with van der Waals surface area (Å²) in [5, 5.41) is 3.38. The SMILES string of the molecule is COc1cc(C)ccc1CNc1ccnc(C)c1. The third-order valence-electron chi connectivity index (χ3n) is 2.82. The Morgan fingerprint density at radius 1 is 1.17 bits per heavy atom. The van der Waals surface area contributed by atoms with E-state index in [2.05, 4.69) is 35.4 Å². The minimum Gasteiger partial charge on any atom is -0.496 e. The maximum Gasteiger partial charge on any atom is 0.124 e. The third kappa shape index (κ3) is 3.00. The van der Waals surface area contributed by atoms with Gasteiger partial charge in [0.2, 0.25) is 0 Å². The number of benzene rings is 1. The summed E-state index contributed by atoms with van der Waals surface area (Å²) in [5.41, 5.74) is 4.44. The van der Waals surface area contributed by atoms with Crippen molar-refractivity contribution in [2.45, 2.75) is 20.4 Å². The van der Waals surface area contributed by atoms with Gasteiger partial charge in [-0.15, -0.1) is 0 Å². The highest BCUT2D eigenvalue weighted by Gasteiger charge is 2.03. The minimum atomic E-state index is 0.743. The topological polar surface area (TPSA) is 34.1 Å². The molecule has 0 fully saturated rings. The second-order valence-corrected chi connectivity index (χ2v) is 4.35. The van der Waals surface area contributed by atoms with Gasteiger partial charge in [0.1, 0.15) is 5.75 Å². The van der Waals surface area contributed by atoms with E-state index >= 15 is 0 Å². The van der Waals surface area contributed by atoms with Crippen LogP contribution in [0.25, 0.3) is 0 Å². The summed E-state index contributed by atoms with van der Waals surface area (Å²) in [7, 11) is 1.70. The van der Waals surface area contributed by atoms with E-state index in [4.69, 9.17) is 4.74 Å². The molecular formula is C15H18N2O. The zero-order valence-corrected chi connectivity index (χ0v) is 11.0. The highest BCUT2D eigenvalue weighted by molar-refractivity contribution is 5.46. The molecule has 1 aromatic carbocycles. The quantitative estimate of drug-likeness (QED) is 0.893. The van der Waals surface area contributed by atoms with Gasteiger partial charge in [0.15, 0.2) is 0 Å². The van der Waals surface area contributed by atoms with E-state index in [9.17, 15) is 0 Å². The summed E-state index contributed by atoms with van der Waals surface area (Å²) < 4.78 is 5.39. The number of nitrogens with one attached hydrogen (secondary N) is 1. The molecule has 0 aliphatic carbocycles. The molecule has 0 aliphatic rings. The first-order chi connectivity index (χ1) is 8.69. The van der Waals surface area contributed by atoms with Crippen molar-refractivity contribution in [3.05, 3.63) is 53.3 Å². The normalized spacial score (nSPS) is 10.2. The van der Waals surface area contributed by atoms with Crippen molar-refractivity contribution < 1.29 is 4.74 Å². The largest absolute Gasteiger partial charge is 0.496 e. The van der Waals surface area contributed by atoms with Crippen LogP contribution >= 0.6 is 0 Å². The van der Waals surface area contributed by atoms with Crippen molar-refractivity contribution in [1.29, 1.82) is 0 Å². The lowest BCUT2D eigenvalue weighted by molar-refractivity contribution is 0.410. The number of hydrogen-bond donors (Lipinski definition) is 1. The van der Waals surface area contributed by atoms with Crippen LogP contribution in [-0.4, -0.2) is 12.1 Å². The number of methoxy groups -OCH3 is 1. The summed E-state index contributed by atoms with van der Waals surface area (Å²) in [4.78, 5) is 4.18. The van der Waals surface area contributed by atoms with E-state index in [-0.39, 0.29) is 0 Å². The Labute approximate surface area is 108 Å². The van der Waals surface area contributed by atoms with Gasteiger partial charge in [-0.2, -0.15) is 0 Å². The molecule has 0 amide bonds. The maximum atomic E-state index is 5.39. The van der Waals surface area contributed by atoms with Crippen molar-refractivity contribution in [2.24, 2.45) is 0 Å². The molecule has 2 rings (SSSR count). The molecule has 1 aromatic heterocycles. The van der Waals surface area contributed by atoms with Crippen LogP contribution in [0, 0.1) is 13.8 Å². The second kappa shape index (κ2) is 5.54. The van der Waals surface area contributed by atoms with E-state index in [1.54, 1.807) is 7.11 Å². The Bertz CT molecular complexity index is 538. The average Bonchev–Trinajstić information content (AvgIpc) is 2.37. The van der Waals surface area contributed by atoms with Crippen molar-refractivity contribution in [3.8, 4) is 5.75 Å². The van der Waals surface area contributed by atoms with E-state index in [1.807, 2.05) is 25.3 Å². The number of nitrogens with zero attached hydrogens (tertiary/aromatic N) is 1. The monoisotopic (exact) mass is 242 g/mol. The van der Waals surface area contributed by atoms with Crippen molar-refractivity contribution >= 4 is 5.69 Å². The van der Waals surface area contributed by atoms with Gasteiger partial charge in [-0.3, -0.25) is 4.98 Å². The Kier molecular flexibility index (Phi) is 3.82. The summed E-state index contributed by atoms with van der Waals surface area (Å²) in [6.45, 7) is 4.79. The summed E-state index contributed by atoms with van der Waals surface area (Å²) >= 11 is 0. The number of anilines is 1. The fourth-order valence-electron chi connectivity index (χ4n) is 1.85. The van der Waals surface area contributed by atoms with Gasteiger partial charge < -0.3 is 10.1 Å². The number of hydrogen-bond acceptors (Lipinski definition) is 3. The molecule has 3 heteroatoms. The van der Waals surface area contributed by atoms with Crippen LogP contribution in [0.3, 0.4) is 0 Å². The lowest BCUT2D eigenvalue weighted by atomic mass is 10.1. The molecule has 0 unspecified atom stereocenters. The third-order valence-corrected chi connectivity index (χ3v) is 2.82. The van der Waals surface area contributed by atoms with Gasteiger partial charge in [-0.1, -0.05) is 12.1 Å². The standard InChI is InChI=1S/C15H18N2O/c1-11-4-5-13(15(8-11)18-3)10-17-14-6-7-16-12(2)9-14/h4-9H,10H2,1-3H3,(H,16,17). The Balaban J connectivity index is 2.10. The zero-order chi connectivity index (χ0) is 13.0. The molecule has 0 saturated carbocycles. The first-order valence-electron chi connectivity index (χ1n) is 5.99. The van der Waals surface area contributed by atoms with Gasteiger partial charge >= 0.3 is 0 Å². The first kappa shape index (κ1) is 12.4. The van der Waals surface area contributed by atoms with Gasteiger partial charge in [0.05, 0.1) is 7.11 Å².